The Labute approximate surface area is 134 Å². The molecule has 122 valence electrons. The molecule has 0 radical (unpaired) electrons. The van der Waals surface area contributed by atoms with Crippen LogP contribution in [0.4, 0.5) is 18.9 Å². The third-order valence-electron chi connectivity index (χ3n) is 3.09. The van der Waals surface area contributed by atoms with Crippen molar-refractivity contribution >= 4 is 17.4 Å². The fourth-order valence-electron chi connectivity index (χ4n) is 2.08. The smallest absolute Gasteiger partial charge is 0.399 e. The van der Waals surface area contributed by atoms with Gasteiger partial charge in [-0.1, -0.05) is 18.2 Å². The van der Waals surface area contributed by atoms with E-state index in [1.165, 1.54) is 18.2 Å². The van der Waals surface area contributed by atoms with Gasteiger partial charge in [0.1, 0.15) is 0 Å². The fraction of sp³-hybridized carbons (Fsp3) is 0.200. The molecule has 0 aromatic heterocycles. The Morgan fingerprint density at radius 3 is 2.30 bits per heavy atom. The molecule has 2 aromatic rings. The molecule has 2 rings (SSSR count). The van der Waals surface area contributed by atoms with E-state index in [4.69, 9.17) is 5.73 Å². The zero-order chi connectivity index (χ0) is 17.0. The van der Waals surface area contributed by atoms with Crippen LogP contribution in [-0.2, 0) is 6.18 Å². The molecule has 0 saturated carbocycles. The van der Waals surface area contributed by atoms with E-state index in [0.29, 0.717) is 10.6 Å². The molecule has 1 atom stereocenters. The van der Waals surface area contributed by atoms with Crippen LogP contribution in [0, 0.1) is 10.1 Å². The van der Waals surface area contributed by atoms with Gasteiger partial charge >= 0.3 is 6.18 Å². The number of thioether (sulfide) groups is 1. The van der Waals surface area contributed by atoms with Gasteiger partial charge in [-0.25, -0.2) is 0 Å². The Morgan fingerprint density at radius 1 is 1.13 bits per heavy atom. The molecule has 1 unspecified atom stereocenters. The van der Waals surface area contributed by atoms with Gasteiger partial charge in [-0.2, -0.15) is 13.2 Å². The van der Waals surface area contributed by atoms with Gasteiger partial charge < -0.3 is 5.73 Å². The molecule has 0 aliphatic rings. The van der Waals surface area contributed by atoms with Crippen molar-refractivity contribution in [3.8, 4) is 0 Å². The van der Waals surface area contributed by atoms with Crippen LogP contribution in [-0.4, -0.2) is 11.5 Å². The first-order valence-corrected chi connectivity index (χ1v) is 7.45. The van der Waals surface area contributed by atoms with Crippen LogP contribution in [0.25, 0.3) is 0 Å². The van der Waals surface area contributed by atoms with Crippen LogP contribution in [0.2, 0.25) is 0 Å². The van der Waals surface area contributed by atoms with Gasteiger partial charge in [-0.15, -0.1) is 11.8 Å². The highest BCUT2D eigenvalue weighted by Crippen LogP contribution is 2.42. The SMILES string of the molecule is Nc1ccc(SC(C[N+](=O)[O-])c2ccccc2C(F)(F)F)cc1. The van der Waals surface area contributed by atoms with Crippen molar-refractivity contribution in [3.63, 3.8) is 0 Å². The van der Waals surface area contributed by atoms with Gasteiger partial charge in [-0.05, 0) is 35.9 Å². The van der Waals surface area contributed by atoms with Crippen molar-refractivity contribution in [2.45, 2.75) is 16.3 Å². The summed E-state index contributed by atoms with van der Waals surface area (Å²) in [6.07, 6.45) is -4.56. The van der Waals surface area contributed by atoms with Crippen molar-refractivity contribution in [3.05, 3.63) is 69.8 Å². The Balaban J connectivity index is 2.39. The quantitative estimate of drug-likeness (QED) is 0.378. The summed E-state index contributed by atoms with van der Waals surface area (Å²) < 4.78 is 39.4. The summed E-state index contributed by atoms with van der Waals surface area (Å²) in [6.45, 7) is -0.609. The minimum absolute atomic E-state index is 0.0986. The third-order valence-corrected chi connectivity index (χ3v) is 4.32. The third kappa shape index (κ3) is 4.62. The minimum Gasteiger partial charge on any atom is -0.399 e. The number of nitro groups is 1. The summed E-state index contributed by atoms with van der Waals surface area (Å²) in [4.78, 5) is 10.9. The number of anilines is 1. The summed E-state index contributed by atoms with van der Waals surface area (Å²) in [5.74, 6) is 0. The minimum atomic E-state index is -4.56. The molecule has 2 aromatic carbocycles. The van der Waals surface area contributed by atoms with E-state index in [1.807, 2.05) is 0 Å². The van der Waals surface area contributed by atoms with Gasteiger partial charge in [0.05, 0.1) is 10.8 Å². The largest absolute Gasteiger partial charge is 0.416 e. The van der Waals surface area contributed by atoms with Crippen molar-refractivity contribution in [2.24, 2.45) is 0 Å². The summed E-state index contributed by atoms with van der Waals surface area (Å²) in [5.41, 5.74) is 5.12. The first-order valence-electron chi connectivity index (χ1n) is 6.57. The van der Waals surface area contributed by atoms with Gasteiger partial charge in [0.15, 0.2) is 0 Å². The van der Waals surface area contributed by atoms with Crippen molar-refractivity contribution in [1.82, 2.24) is 0 Å². The second-order valence-electron chi connectivity index (χ2n) is 4.78. The van der Waals surface area contributed by atoms with E-state index in [0.717, 1.165) is 17.8 Å². The number of rotatable bonds is 5. The van der Waals surface area contributed by atoms with Crippen molar-refractivity contribution in [2.75, 3.05) is 12.3 Å². The van der Waals surface area contributed by atoms with E-state index in [1.54, 1.807) is 24.3 Å². The van der Waals surface area contributed by atoms with Gasteiger partial charge in [0.25, 0.3) is 0 Å². The average Bonchev–Trinajstić information content (AvgIpc) is 2.47. The maximum absolute atomic E-state index is 13.1. The lowest BCUT2D eigenvalue weighted by Gasteiger charge is -2.18. The molecule has 0 heterocycles. The number of hydrogen-bond acceptors (Lipinski definition) is 4. The second-order valence-corrected chi connectivity index (χ2v) is 6.05. The van der Waals surface area contributed by atoms with Gasteiger partial charge in [0, 0.05) is 15.5 Å². The second kappa shape index (κ2) is 6.91. The highest BCUT2D eigenvalue weighted by molar-refractivity contribution is 7.99. The molecule has 0 bridgehead atoms. The van der Waals surface area contributed by atoms with Gasteiger partial charge in [0.2, 0.25) is 6.54 Å². The van der Waals surface area contributed by atoms with E-state index in [2.05, 4.69) is 0 Å². The summed E-state index contributed by atoms with van der Waals surface area (Å²) in [6, 6.07) is 11.4. The van der Waals surface area contributed by atoms with Crippen molar-refractivity contribution < 1.29 is 18.1 Å². The number of alkyl halides is 3. The molecule has 4 nitrogen and oxygen atoms in total. The van der Waals surface area contributed by atoms with Crippen LogP contribution in [0.3, 0.4) is 0 Å². The molecule has 0 aliphatic heterocycles. The van der Waals surface area contributed by atoms with Crippen LogP contribution in [0.5, 0.6) is 0 Å². The average molecular weight is 342 g/mol. The number of hydrogen-bond donors (Lipinski definition) is 1. The number of halogens is 3. The lowest BCUT2D eigenvalue weighted by atomic mass is 10.0. The molecule has 0 aliphatic carbocycles. The maximum Gasteiger partial charge on any atom is 0.416 e. The van der Waals surface area contributed by atoms with Crippen molar-refractivity contribution in [1.29, 1.82) is 0 Å². The van der Waals surface area contributed by atoms with E-state index in [-0.39, 0.29) is 5.56 Å². The van der Waals surface area contributed by atoms with Crippen LogP contribution in [0.15, 0.2) is 53.4 Å². The van der Waals surface area contributed by atoms with E-state index >= 15 is 0 Å². The monoisotopic (exact) mass is 342 g/mol. The van der Waals surface area contributed by atoms with E-state index < -0.39 is 28.5 Å². The number of nitrogens with two attached hydrogens (primary N) is 1. The Morgan fingerprint density at radius 2 is 1.74 bits per heavy atom. The number of nitrogens with zero attached hydrogens (tertiary/aromatic N) is 1. The first kappa shape index (κ1) is 17.1. The van der Waals surface area contributed by atoms with Gasteiger partial charge in [-0.3, -0.25) is 10.1 Å². The molecule has 0 spiro atoms. The van der Waals surface area contributed by atoms with Crippen LogP contribution >= 0.6 is 11.8 Å². The lowest BCUT2D eigenvalue weighted by Crippen LogP contribution is -2.16. The van der Waals surface area contributed by atoms with E-state index in [9.17, 15) is 23.3 Å². The topological polar surface area (TPSA) is 69.2 Å². The van der Waals surface area contributed by atoms with Crippen LogP contribution in [0.1, 0.15) is 16.4 Å². The summed E-state index contributed by atoms with van der Waals surface area (Å²) in [7, 11) is 0. The zero-order valence-corrected chi connectivity index (χ0v) is 12.6. The predicted molar refractivity (Wildman–Crippen MR) is 82.8 cm³/mol. The standard InChI is InChI=1S/C15H13F3N2O2S/c16-15(17,18)13-4-2-1-3-12(13)14(9-20(21)22)23-11-7-5-10(19)6-8-11/h1-8,14H,9,19H2. The Hall–Kier alpha value is -2.22. The molecule has 0 saturated heterocycles. The fourth-order valence-corrected chi connectivity index (χ4v) is 3.23. The molecule has 0 amide bonds. The van der Waals surface area contributed by atoms with Crippen LogP contribution < -0.4 is 5.73 Å². The molecule has 8 heteroatoms. The molecular weight excluding hydrogens is 329 g/mol. The zero-order valence-electron chi connectivity index (χ0n) is 11.8. The lowest BCUT2D eigenvalue weighted by molar-refractivity contribution is -0.479. The molecule has 2 N–H and O–H groups in total. The summed E-state index contributed by atoms with van der Waals surface area (Å²) in [5, 5.41) is 9.93. The Bertz CT molecular complexity index is 690. The highest BCUT2D eigenvalue weighted by atomic mass is 32.2. The number of nitrogen functional groups attached to an aromatic ring is 1. The molecule has 0 fully saturated rings. The predicted octanol–water partition coefficient (Wildman–Crippen LogP) is 4.40. The Kier molecular flexibility index (Phi) is 5.15. The normalized spacial score (nSPS) is 12.8. The molecule has 23 heavy (non-hydrogen) atoms. The molecular formula is C15H13F3N2O2S. The highest BCUT2D eigenvalue weighted by Gasteiger charge is 2.36. The first-order chi connectivity index (χ1) is 10.8. The number of benzene rings is 2. The maximum atomic E-state index is 13.1. The summed E-state index contributed by atoms with van der Waals surface area (Å²) >= 11 is 1.01.